The number of nitrogens with one attached hydrogen (secondary N) is 1. The number of carbonyl (C=O) groups is 1. The number of aromatic nitrogens is 3. The maximum absolute atomic E-state index is 12.6. The van der Waals surface area contributed by atoms with E-state index in [9.17, 15) is 13.2 Å². The summed E-state index contributed by atoms with van der Waals surface area (Å²) in [6.07, 6.45) is 4.31. The molecule has 8 nitrogen and oxygen atoms in total. The molecule has 3 aromatic rings. The van der Waals surface area contributed by atoms with Crippen molar-refractivity contribution in [2.24, 2.45) is 0 Å². The first-order chi connectivity index (χ1) is 14.9. The molecule has 1 N–H and O–H groups in total. The third-order valence-electron chi connectivity index (χ3n) is 5.33. The SMILES string of the molecule is CN(CC(=O)Nc1cccc(-c2nnc3n2CCCCC3)c1)S(=O)(=O)c1ccccc1. The van der Waals surface area contributed by atoms with E-state index in [2.05, 4.69) is 20.1 Å². The number of amides is 1. The Kier molecular flexibility index (Phi) is 6.15. The number of rotatable bonds is 6. The molecule has 0 unspecified atom stereocenters. The van der Waals surface area contributed by atoms with Gasteiger partial charge in [0.2, 0.25) is 15.9 Å². The highest BCUT2D eigenvalue weighted by atomic mass is 32.2. The molecule has 2 heterocycles. The lowest BCUT2D eigenvalue weighted by atomic mass is 10.2. The first kappa shape index (κ1) is 21.2. The van der Waals surface area contributed by atoms with Gasteiger partial charge in [0.15, 0.2) is 5.82 Å². The van der Waals surface area contributed by atoms with Gasteiger partial charge in [-0.3, -0.25) is 4.79 Å². The fraction of sp³-hybridized carbons (Fsp3) is 0.318. The Morgan fingerprint density at radius 3 is 2.68 bits per heavy atom. The van der Waals surface area contributed by atoms with Crippen LogP contribution in [0.3, 0.4) is 0 Å². The van der Waals surface area contributed by atoms with Crippen LogP contribution >= 0.6 is 0 Å². The van der Waals surface area contributed by atoms with Crippen LogP contribution in [0.2, 0.25) is 0 Å². The predicted octanol–water partition coefficient (Wildman–Crippen LogP) is 2.93. The molecule has 1 aromatic heterocycles. The molecule has 4 rings (SSSR count). The summed E-state index contributed by atoms with van der Waals surface area (Å²) in [6.45, 7) is 0.595. The van der Waals surface area contributed by atoms with Gasteiger partial charge in [0.25, 0.3) is 0 Å². The lowest BCUT2D eigenvalue weighted by Crippen LogP contribution is -2.34. The number of nitrogens with zero attached hydrogens (tertiary/aromatic N) is 4. The van der Waals surface area contributed by atoms with E-state index in [-0.39, 0.29) is 11.4 Å². The van der Waals surface area contributed by atoms with Gasteiger partial charge in [-0.05, 0) is 37.1 Å². The Morgan fingerprint density at radius 2 is 1.87 bits per heavy atom. The second-order valence-corrected chi connectivity index (χ2v) is 9.65. The minimum Gasteiger partial charge on any atom is -0.325 e. The molecule has 2 aromatic carbocycles. The monoisotopic (exact) mass is 439 g/mol. The molecule has 0 aliphatic carbocycles. The van der Waals surface area contributed by atoms with Crippen molar-refractivity contribution < 1.29 is 13.2 Å². The van der Waals surface area contributed by atoms with Crippen molar-refractivity contribution in [3.05, 3.63) is 60.4 Å². The molecular formula is C22H25N5O3S. The maximum Gasteiger partial charge on any atom is 0.243 e. The van der Waals surface area contributed by atoms with E-state index >= 15 is 0 Å². The number of sulfonamides is 1. The molecule has 0 spiro atoms. The first-order valence-electron chi connectivity index (χ1n) is 10.3. The average Bonchev–Trinajstić information content (AvgIpc) is 3.02. The Balaban J connectivity index is 1.47. The standard InChI is InChI=1S/C22H25N5O3S/c1-26(31(29,30)19-11-4-2-5-12-19)16-21(28)23-18-10-8-9-17(15-18)22-25-24-20-13-6-3-7-14-27(20)22/h2,4-5,8-12,15H,3,6-7,13-14,16H2,1H3,(H,23,28). The van der Waals surface area contributed by atoms with Crippen LogP contribution < -0.4 is 5.32 Å². The molecule has 1 aliphatic heterocycles. The number of likely N-dealkylation sites (N-methyl/N-ethyl adjacent to an activating group) is 1. The van der Waals surface area contributed by atoms with Crippen LogP contribution in [0.25, 0.3) is 11.4 Å². The van der Waals surface area contributed by atoms with E-state index in [1.165, 1.54) is 25.6 Å². The van der Waals surface area contributed by atoms with E-state index in [0.29, 0.717) is 5.69 Å². The van der Waals surface area contributed by atoms with Gasteiger partial charge >= 0.3 is 0 Å². The number of aryl methyl sites for hydroxylation is 1. The molecular weight excluding hydrogens is 414 g/mol. The lowest BCUT2D eigenvalue weighted by molar-refractivity contribution is -0.116. The Bertz CT molecular complexity index is 1170. The smallest absolute Gasteiger partial charge is 0.243 e. The fourth-order valence-corrected chi connectivity index (χ4v) is 4.84. The maximum atomic E-state index is 12.6. The van der Waals surface area contributed by atoms with E-state index in [4.69, 9.17) is 0 Å². The van der Waals surface area contributed by atoms with Crippen LogP contribution in [-0.4, -0.2) is 47.0 Å². The van der Waals surface area contributed by atoms with Crippen LogP contribution in [-0.2, 0) is 27.8 Å². The third kappa shape index (κ3) is 4.67. The minimum absolute atomic E-state index is 0.153. The van der Waals surface area contributed by atoms with Crippen molar-refractivity contribution in [2.45, 2.75) is 37.1 Å². The Hall–Kier alpha value is -3.04. The van der Waals surface area contributed by atoms with E-state index < -0.39 is 15.9 Å². The second kappa shape index (κ2) is 8.99. The van der Waals surface area contributed by atoms with Crippen molar-refractivity contribution in [1.29, 1.82) is 0 Å². The van der Waals surface area contributed by atoms with Crippen LogP contribution in [0.5, 0.6) is 0 Å². The number of carbonyl (C=O) groups excluding carboxylic acids is 1. The van der Waals surface area contributed by atoms with Gasteiger partial charge in [0.05, 0.1) is 11.4 Å². The van der Waals surface area contributed by atoms with Gasteiger partial charge < -0.3 is 9.88 Å². The predicted molar refractivity (Wildman–Crippen MR) is 118 cm³/mol. The number of hydrogen-bond donors (Lipinski definition) is 1. The van der Waals surface area contributed by atoms with Crippen molar-refractivity contribution in [1.82, 2.24) is 19.1 Å². The van der Waals surface area contributed by atoms with Gasteiger partial charge in [0.1, 0.15) is 5.82 Å². The molecule has 1 amide bonds. The minimum atomic E-state index is -3.73. The number of hydrogen-bond acceptors (Lipinski definition) is 5. The summed E-state index contributed by atoms with van der Waals surface area (Å²) in [5, 5.41) is 11.5. The Labute approximate surface area is 182 Å². The quantitative estimate of drug-likeness (QED) is 0.637. The van der Waals surface area contributed by atoms with Gasteiger partial charge in [0, 0.05) is 31.3 Å². The normalized spacial score (nSPS) is 14.1. The summed E-state index contributed by atoms with van der Waals surface area (Å²) in [7, 11) is -2.34. The van der Waals surface area contributed by atoms with Crippen molar-refractivity contribution in [2.75, 3.05) is 18.9 Å². The second-order valence-electron chi connectivity index (χ2n) is 7.61. The molecule has 0 fully saturated rings. The largest absolute Gasteiger partial charge is 0.325 e. The topological polar surface area (TPSA) is 97.2 Å². The summed E-state index contributed by atoms with van der Waals surface area (Å²) >= 11 is 0. The van der Waals surface area contributed by atoms with Gasteiger partial charge in [-0.1, -0.05) is 36.8 Å². The Morgan fingerprint density at radius 1 is 1.06 bits per heavy atom. The van der Waals surface area contributed by atoms with Crippen molar-refractivity contribution in [3.63, 3.8) is 0 Å². The zero-order valence-corrected chi connectivity index (χ0v) is 18.2. The summed E-state index contributed by atoms with van der Waals surface area (Å²) in [5.74, 6) is 1.37. The highest BCUT2D eigenvalue weighted by Gasteiger charge is 2.23. The number of fused-ring (bicyclic) bond motifs is 1. The van der Waals surface area contributed by atoms with Crippen LogP contribution in [0.15, 0.2) is 59.5 Å². The average molecular weight is 440 g/mol. The van der Waals surface area contributed by atoms with Crippen LogP contribution in [0, 0.1) is 0 Å². The zero-order valence-electron chi connectivity index (χ0n) is 17.4. The number of benzene rings is 2. The molecule has 9 heteroatoms. The summed E-state index contributed by atoms with van der Waals surface area (Å²) < 4.78 is 28.4. The highest BCUT2D eigenvalue weighted by molar-refractivity contribution is 7.89. The summed E-state index contributed by atoms with van der Waals surface area (Å²) in [6, 6.07) is 15.4. The molecule has 31 heavy (non-hydrogen) atoms. The van der Waals surface area contributed by atoms with Gasteiger partial charge in [-0.2, -0.15) is 4.31 Å². The van der Waals surface area contributed by atoms with E-state index in [1.54, 1.807) is 24.3 Å². The van der Waals surface area contributed by atoms with Crippen LogP contribution in [0.1, 0.15) is 25.1 Å². The van der Waals surface area contributed by atoms with E-state index in [1.807, 2.05) is 18.2 Å². The number of anilines is 1. The molecule has 0 bridgehead atoms. The zero-order chi connectivity index (χ0) is 21.8. The highest BCUT2D eigenvalue weighted by Crippen LogP contribution is 2.25. The van der Waals surface area contributed by atoms with Crippen molar-refractivity contribution >= 4 is 21.6 Å². The third-order valence-corrected chi connectivity index (χ3v) is 7.15. The summed E-state index contributed by atoms with van der Waals surface area (Å²) in [5.41, 5.74) is 1.45. The fourth-order valence-electron chi connectivity index (χ4n) is 3.69. The van der Waals surface area contributed by atoms with Crippen LogP contribution in [0.4, 0.5) is 5.69 Å². The lowest BCUT2D eigenvalue weighted by Gasteiger charge is -2.17. The van der Waals surface area contributed by atoms with Gasteiger partial charge in [-0.25, -0.2) is 8.42 Å². The van der Waals surface area contributed by atoms with Crippen molar-refractivity contribution in [3.8, 4) is 11.4 Å². The molecule has 0 radical (unpaired) electrons. The molecule has 0 atom stereocenters. The van der Waals surface area contributed by atoms with Gasteiger partial charge in [-0.15, -0.1) is 10.2 Å². The molecule has 162 valence electrons. The van der Waals surface area contributed by atoms with E-state index in [0.717, 1.165) is 47.3 Å². The molecule has 1 aliphatic rings. The molecule has 0 saturated heterocycles. The summed E-state index contributed by atoms with van der Waals surface area (Å²) in [4.78, 5) is 12.7. The first-order valence-corrected chi connectivity index (χ1v) is 11.7. The molecule has 0 saturated carbocycles.